The number of hydrogen-bond donors (Lipinski definition) is 1. The average Bonchev–Trinajstić information content (AvgIpc) is 2.45. The summed E-state index contributed by atoms with van der Waals surface area (Å²) in [6.07, 6.45) is 3.18. The predicted molar refractivity (Wildman–Crippen MR) is 87.5 cm³/mol. The number of hydrogen-bond acceptors (Lipinski definition) is 3. The normalized spacial score (nSPS) is 18.9. The molecule has 1 heterocycles. The molecule has 1 unspecified atom stereocenters. The van der Waals surface area contributed by atoms with Gasteiger partial charge in [-0.3, -0.25) is 9.69 Å². The molecule has 0 spiro atoms. The number of piperidine rings is 1. The second-order valence-electron chi connectivity index (χ2n) is 5.06. The lowest BCUT2D eigenvalue weighted by Crippen LogP contribution is -2.41. The van der Waals surface area contributed by atoms with Gasteiger partial charge in [0.25, 0.3) is 0 Å². The van der Waals surface area contributed by atoms with Crippen LogP contribution in [0.25, 0.3) is 0 Å². The Morgan fingerprint density at radius 3 is 2.60 bits per heavy atom. The SMILES string of the molecule is O=C(O)CSC(Cc1ccccc1)N1CCC(Br)CC1. The van der Waals surface area contributed by atoms with E-state index in [0.29, 0.717) is 4.83 Å². The number of aliphatic carboxylic acids is 1. The molecule has 1 fully saturated rings. The number of thioether (sulfide) groups is 1. The molecule has 0 radical (unpaired) electrons. The topological polar surface area (TPSA) is 40.5 Å². The van der Waals surface area contributed by atoms with Crippen LogP contribution in [-0.2, 0) is 11.2 Å². The summed E-state index contributed by atoms with van der Waals surface area (Å²) in [4.78, 5) is 13.9. The Hall–Kier alpha value is -0.520. The smallest absolute Gasteiger partial charge is 0.313 e. The number of likely N-dealkylation sites (tertiary alicyclic amines) is 1. The van der Waals surface area contributed by atoms with Crippen LogP contribution in [0.1, 0.15) is 18.4 Å². The van der Waals surface area contributed by atoms with Gasteiger partial charge in [0.05, 0.1) is 11.1 Å². The fraction of sp³-hybridized carbons (Fsp3) is 0.533. The molecular weight excluding hydrogens is 338 g/mol. The summed E-state index contributed by atoms with van der Waals surface area (Å²) in [5.74, 6) is -0.561. The molecule has 1 atom stereocenters. The van der Waals surface area contributed by atoms with Crippen LogP contribution >= 0.6 is 27.7 Å². The van der Waals surface area contributed by atoms with E-state index in [1.54, 1.807) is 11.8 Å². The molecule has 0 bridgehead atoms. The van der Waals surface area contributed by atoms with Crippen molar-refractivity contribution < 1.29 is 9.90 Å². The molecule has 1 aliphatic heterocycles. The first-order chi connectivity index (χ1) is 9.65. The third-order valence-corrected chi connectivity index (χ3v) is 5.70. The Balaban J connectivity index is 1.98. The van der Waals surface area contributed by atoms with Crippen LogP contribution < -0.4 is 0 Å². The van der Waals surface area contributed by atoms with E-state index in [4.69, 9.17) is 5.11 Å². The molecule has 20 heavy (non-hydrogen) atoms. The molecular formula is C15H20BrNO2S. The lowest BCUT2D eigenvalue weighted by Gasteiger charge is -2.35. The number of carbonyl (C=O) groups is 1. The number of halogens is 1. The van der Waals surface area contributed by atoms with Gasteiger partial charge in [-0.25, -0.2) is 0 Å². The summed E-state index contributed by atoms with van der Waals surface area (Å²) >= 11 is 5.21. The summed E-state index contributed by atoms with van der Waals surface area (Å²) in [5, 5.41) is 9.18. The van der Waals surface area contributed by atoms with Crippen molar-refractivity contribution in [2.45, 2.75) is 29.5 Å². The number of carboxylic acids is 1. The summed E-state index contributed by atoms with van der Waals surface area (Å²) in [5.41, 5.74) is 1.27. The van der Waals surface area contributed by atoms with E-state index < -0.39 is 5.97 Å². The fourth-order valence-electron chi connectivity index (χ4n) is 2.43. The van der Waals surface area contributed by atoms with Gasteiger partial charge in [0.2, 0.25) is 0 Å². The van der Waals surface area contributed by atoms with Crippen molar-refractivity contribution in [3.63, 3.8) is 0 Å². The second kappa shape index (κ2) is 8.05. The summed E-state index contributed by atoms with van der Waals surface area (Å²) < 4.78 is 0. The molecule has 1 saturated heterocycles. The maximum atomic E-state index is 10.8. The predicted octanol–water partition coefficient (Wildman–Crippen LogP) is 3.23. The molecule has 0 saturated carbocycles. The van der Waals surface area contributed by atoms with Crippen LogP contribution in [0.15, 0.2) is 30.3 Å². The molecule has 1 aliphatic rings. The summed E-state index contributed by atoms with van der Waals surface area (Å²) in [6.45, 7) is 2.08. The van der Waals surface area contributed by atoms with E-state index in [9.17, 15) is 4.79 Å². The quantitative estimate of drug-likeness (QED) is 0.793. The van der Waals surface area contributed by atoms with Crippen LogP contribution in [0, 0.1) is 0 Å². The third-order valence-electron chi connectivity index (χ3n) is 3.52. The Morgan fingerprint density at radius 1 is 1.35 bits per heavy atom. The zero-order chi connectivity index (χ0) is 14.4. The molecule has 0 amide bonds. The Morgan fingerprint density at radius 2 is 2.00 bits per heavy atom. The lowest BCUT2D eigenvalue weighted by molar-refractivity contribution is -0.133. The molecule has 5 heteroatoms. The number of carboxylic acid groups (broad SMARTS) is 1. The van der Waals surface area contributed by atoms with E-state index in [2.05, 4.69) is 33.0 Å². The first-order valence-electron chi connectivity index (χ1n) is 6.90. The minimum atomic E-state index is -0.733. The highest BCUT2D eigenvalue weighted by molar-refractivity contribution is 9.09. The standard InChI is InChI=1S/C15H20BrNO2S/c16-13-6-8-17(9-7-13)14(20-11-15(18)19)10-12-4-2-1-3-5-12/h1-5,13-14H,6-11H2,(H,18,19). The van der Waals surface area contributed by atoms with Crippen molar-refractivity contribution >= 4 is 33.7 Å². The summed E-state index contributed by atoms with van der Waals surface area (Å²) in [7, 11) is 0. The fourth-order valence-corrected chi connectivity index (χ4v) is 3.91. The van der Waals surface area contributed by atoms with Crippen molar-refractivity contribution in [1.29, 1.82) is 0 Å². The lowest BCUT2D eigenvalue weighted by atomic mass is 10.1. The van der Waals surface area contributed by atoms with E-state index in [1.165, 1.54) is 5.56 Å². The Labute approximate surface area is 132 Å². The van der Waals surface area contributed by atoms with Gasteiger partial charge in [0.15, 0.2) is 0 Å². The van der Waals surface area contributed by atoms with Gasteiger partial charge in [-0.2, -0.15) is 0 Å². The molecule has 0 aliphatic carbocycles. The largest absolute Gasteiger partial charge is 0.481 e. The van der Waals surface area contributed by atoms with Crippen molar-refractivity contribution in [2.75, 3.05) is 18.8 Å². The molecule has 1 N–H and O–H groups in total. The van der Waals surface area contributed by atoms with Crippen molar-refractivity contribution in [3.8, 4) is 0 Å². The van der Waals surface area contributed by atoms with Crippen LogP contribution in [0.5, 0.6) is 0 Å². The van der Waals surface area contributed by atoms with E-state index in [0.717, 1.165) is 32.4 Å². The van der Waals surface area contributed by atoms with Gasteiger partial charge in [-0.05, 0) is 24.8 Å². The first-order valence-corrected chi connectivity index (χ1v) is 8.87. The van der Waals surface area contributed by atoms with Crippen molar-refractivity contribution in [1.82, 2.24) is 4.90 Å². The van der Waals surface area contributed by atoms with Crippen LogP contribution in [0.3, 0.4) is 0 Å². The molecule has 3 nitrogen and oxygen atoms in total. The number of nitrogens with zero attached hydrogens (tertiary/aromatic N) is 1. The highest BCUT2D eigenvalue weighted by atomic mass is 79.9. The van der Waals surface area contributed by atoms with Crippen LogP contribution in [-0.4, -0.2) is 45.0 Å². The highest BCUT2D eigenvalue weighted by Gasteiger charge is 2.25. The average molecular weight is 358 g/mol. The van der Waals surface area contributed by atoms with Gasteiger partial charge in [0, 0.05) is 17.9 Å². The highest BCUT2D eigenvalue weighted by Crippen LogP contribution is 2.26. The molecule has 0 aromatic heterocycles. The zero-order valence-corrected chi connectivity index (χ0v) is 13.8. The van der Waals surface area contributed by atoms with Crippen molar-refractivity contribution in [3.05, 3.63) is 35.9 Å². The summed E-state index contributed by atoms with van der Waals surface area (Å²) in [6, 6.07) is 10.3. The molecule has 1 aromatic carbocycles. The minimum absolute atomic E-state index is 0.172. The Kier molecular flexibility index (Phi) is 6.39. The first kappa shape index (κ1) is 15.9. The van der Waals surface area contributed by atoms with Crippen LogP contribution in [0.2, 0.25) is 0 Å². The van der Waals surface area contributed by atoms with Gasteiger partial charge in [0.1, 0.15) is 0 Å². The third kappa shape index (κ3) is 5.11. The molecule has 2 rings (SSSR count). The van der Waals surface area contributed by atoms with Gasteiger partial charge >= 0.3 is 5.97 Å². The minimum Gasteiger partial charge on any atom is -0.481 e. The molecule has 1 aromatic rings. The maximum Gasteiger partial charge on any atom is 0.313 e. The number of benzene rings is 1. The van der Waals surface area contributed by atoms with Crippen LogP contribution in [0.4, 0.5) is 0 Å². The Bertz CT molecular complexity index is 421. The second-order valence-corrected chi connectivity index (χ2v) is 7.52. The monoisotopic (exact) mass is 357 g/mol. The van der Waals surface area contributed by atoms with E-state index >= 15 is 0 Å². The number of rotatable bonds is 6. The molecule has 110 valence electrons. The van der Waals surface area contributed by atoms with Gasteiger partial charge in [-0.1, -0.05) is 46.3 Å². The maximum absolute atomic E-state index is 10.8. The van der Waals surface area contributed by atoms with Crippen molar-refractivity contribution in [2.24, 2.45) is 0 Å². The van der Waals surface area contributed by atoms with Gasteiger partial charge in [-0.15, -0.1) is 11.8 Å². The van der Waals surface area contributed by atoms with E-state index in [-0.39, 0.29) is 11.1 Å². The van der Waals surface area contributed by atoms with Gasteiger partial charge < -0.3 is 5.11 Å². The van der Waals surface area contributed by atoms with E-state index in [1.807, 2.05) is 18.2 Å². The zero-order valence-electron chi connectivity index (χ0n) is 11.4. The number of alkyl halides is 1.